The van der Waals surface area contributed by atoms with Crippen molar-refractivity contribution in [2.45, 2.75) is 46.5 Å². The average molecular weight is 316 g/mol. The Morgan fingerprint density at radius 2 is 1.91 bits per heavy atom. The van der Waals surface area contributed by atoms with Gasteiger partial charge in [0.15, 0.2) is 0 Å². The predicted octanol–water partition coefficient (Wildman–Crippen LogP) is 5.03. The second-order valence-electron chi connectivity index (χ2n) is 6.82. The number of ether oxygens (including phenoxy) is 2. The fourth-order valence-corrected chi connectivity index (χ4v) is 3.41. The van der Waals surface area contributed by atoms with E-state index in [1.54, 1.807) is 0 Å². The van der Waals surface area contributed by atoms with E-state index in [0.717, 1.165) is 38.8 Å². The highest BCUT2D eigenvalue weighted by Crippen LogP contribution is 2.57. The molecule has 128 valence electrons. The van der Waals surface area contributed by atoms with Crippen LogP contribution in [0.4, 0.5) is 0 Å². The van der Waals surface area contributed by atoms with Gasteiger partial charge in [0.25, 0.3) is 0 Å². The van der Waals surface area contributed by atoms with Crippen LogP contribution in [0.3, 0.4) is 0 Å². The molecule has 0 aromatic heterocycles. The molecule has 0 N–H and O–H groups in total. The van der Waals surface area contributed by atoms with E-state index in [9.17, 15) is 0 Å². The van der Waals surface area contributed by atoms with E-state index in [1.807, 2.05) is 6.92 Å². The summed E-state index contributed by atoms with van der Waals surface area (Å²) in [6.45, 7) is 9.59. The summed E-state index contributed by atoms with van der Waals surface area (Å²) in [5.41, 5.74) is 3.20. The van der Waals surface area contributed by atoms with Gasteiger partial charge in [-0.05, 0) is 63.4 Å². The summed E-state index contributed by atoms with van der Waals surface area (Å²) < 4.78 is 11.3. The maximum atomic E-state index is 5.81. The van der Waals surface area contributed by atoms with Gasteiger partial charge in [0, 0.05) is 13.2 Å². The summed E-state index contributed by atoms with van der Waals surface area (Å²) in [7, 11) is 0. The highest BCUT2D eigenvalue weighted by Gasteiger charge is 2.52. The van der Waals surface area contributed by atoms with E-state index in [-0.39, 0.29) is 0 Å². The predicted molar refractivity (Wildman–Crippen MR) is 96.7 cm³/mol. The van der Waals surface area contributed by atoms with Crippen molar-refractivity contribution in [1.29, 1.82) is 0 Å². The van der Waals surface area contributed by atoms with Crippen LogP contribution >= 0.6 is 0 Å². The molecule has 1 aliphatic rings. The maximum absolute atomic E-state index is 5.81. The van der Waals surface area contributed by atoms with Crippen LogP contribution in [0.5, 0.6) is 0 Å². The van der Waals surface area contributed by atoms with Gasteiger partial charge in [-0.25, -0.2) is 0 Å². The molecule has 2 rings (SSSR count). The van der Waals surface area contributed by atoms with Crippen molar-refractivity contribution in [2.75, 3.05) is 26.4 Å². The first-order valence-electron chi connectivity index (χ1n) is 9.05. The number of rotatable bonds is 11. The molecule has 23 heavy (non-hydrogen) atoms. The summed E-state index contributed by atoms with van der Waals surface area (Å²) in [6, 6.07) is 10.9. The van der Waals surface area contributed by atoms with E-state index >= 15 is 0 Å². The Kier molecular flexibility index (Phi) is 7.32. The molecule has 1 saturated carbocycles. The SMILES string of the molecule is CCOCC(C)=CCCC1(COCC)CC1Cc1ccccc1. The van der Waals surface area contributed by atoms with Gasteiger partial charge in [-0.15, -0.1) is 0 Å². The largest absolute Gasteiger partial charge is 0.381 e. The van der Waals surface area contributed by atoms with Crippen molar-refractivity contribution in [1.82, 2.24) is 0 Å². The monoisotopic (exact) mass is 316 g/mol. The summed E-state index contributed by atoms with van der Waals surface area (Å²) in [5, 5.41) is 0. The lowest BCUT2D eigenvalue weighted by Crippen LogP contribution is -2.14. The Morgan fingerprint density at radius 3 is 2.61 bits per heavy atom. The van der Waals surface area contributed by atoms with Gasteiger partial charge >= 0.3 is 0 Å². The summed E-state index contributed by atoms with van der Waals surface area (Å²) >= 11 is 0. The molecule has 0 radical (unpaired) electrons. The second kappa shape index (κ2) is 9.24. The average Bonchev–Trinajstić information content (AvgIpc) is 3.24. The fourth-order valence-electron chi connectivity index (χ4n) is 3.41. The van der Waals surface area contributed by atoms with Gasteiger partial charge in [-0.3, -0.25) is 0 Å². The topological polar surface area (TPSA) is 18.5 Å². The Morgan fingerprint density at radius 1 is 1.17 bits per heavy atom. The minimum Gasteiger partial charge on any atom is -0.381 e. The van der Waals surface area contributed by atoms with Crippen molar-refractivity contribution < 1.29 is 9.47 Å². The molecular formula is C21H32O2. The Bertz CT molecular complexity index is 480. The van der Waals surface area contributed by atoms with E-state index in [2.05, 4.69) is 50.3 Å². The van der Waals surface area contributed by atoms with Crippen LogP contribution in [0.25, 0.3) is 0 Å². The standard InChI is InChI=1S/C21H32O2/c1-4-22-16-18(3)10-9-13-21(17-23-5-2)15-20(21)14-19-11-7-6-8-12-19/h6-8,10-12,20H,4-5,9,13-17H2,1-3H3. The lowest BCUT2D eigenvalue weighted by atomic mass is 9.94. The van der Waals surface area contributed by atoms with E-state index in [4.69, 9.17) is 9.47 Å². The molecule has 0 heterocycles. The highest BCUT2D eigenvalue weighted by molar-refractivity contribution is 5.19. The zero-order chi connectivity index (χ0) is 16.5. The van der Waals surface area contributed by atoms with Crippen molar-refractivity contribution in [3.8, 4) is 0 Å². The second-order valence-corrected chi connectivity index (χ2v) is 6.82. The molecule has 1 fully saturated rings. The van der Waals surface area contributed by atoms with Crippen LogP contribution in [0.1, 0.15) is 45.6 Å². The number of allylic oxidation sites excluding steroid dienone is 1. The Balaban J connectivity index is 1.85. The Labute approximate surface area is 141 Å². The van der Waals surface area contributed by atoms with Crippen LogP contribution in [0.15, 0.2) is 42.0 Å². The molecule has 2 unspecified atom stereocenters. The fraction of sp³-hybridized carbons (Fsp3) is 0.619. The van der Waals surface area contributed by atoms with Crippen LogP contribution < -0.4 is 0 Å². The lowest BCUT2D eigenvalue weighted by molar-refractivity contribution is 0.0898. The normalized spacial score (nSPS) is 24.0. The van der Waals surface area contributed by atoms with Crippen molar-refractivity contribution in [3.05, 3.63) is 47.5 Å². The first-order chi connectivity index (χ1) is 11.2. The molecule has 2 atom stereocenters. The zero-order valence-corrected chi connectivity index (χ0v) is 15.0. The molecule has 0 saturated heterocycles. The summed E-state index contributed by atoms with van der Waals surface area (Å²) in [5.74, 6) is 0.775. The minimum atomic E-state index is 0.397. The summed E-state index contributed by atoms with van der Waals surface area (Å²) in [4.78, 5) is 0. The Hall–Kier alpha value is -1.12. The molecule has 2 heteroatoms. The third-order valence-electron chi connectivity index (χ3n) is 4.95. The van der Waals surface area contributed by atoms with Gasteiger partial charge in [-0.2, -0.15) is 0 Å². The third kappa shape index (κ3) is 5.78. The lowest BCUT2D eigenvalue weighted by Gasteiger charge is -2.17. The molecular weight excluding hydrogens is 284 g/mol. The zero-order valence-electron chi connectivity index (χ0n) is 15.0. The molecule has 2 nitrogen and oxygen atoms in total. The molecule has 1 aromatic carbocycles. The van der Waals surface area contributed by atoms with Gasteiger partial charge in [0.2, 0.25) is 0 Å². The minimum absolute atomic E-state index is 0.397. The van der Waals surface area contributed by atoms with Crippen LogP contribution in [0.2, 0.25) is 0 Å². The van der Waals surface area contributed by atoms with Crippen molar-refractivity contribution in [3.63, 3.8) is 0 Å². The smallest absolute Gasteiger partial charge is 0.0673 e. The third-order valence-corrected chi connectivity index (χ3v) is 4.95. The number of benzene rings is 1. The molecule has 1 aromatic rings. The van der Waals surface area contributed by atoms with Gasteiger partial charge < -0.3 is 9.47 Å². The van der Waals surface area contributed by atoms with Crippen LogP contribution in [-0.2, 0) is 15.9 Å². The van der Waals surface area contributed by atoms with Crippen LogP contribution in [-0.4, -0.2) is 26.4 Å². The van der Waals surface area contributed by atoms with E-state index in [1.165, 1.54) is 30.4 Å². The van der Waals surface area contributed by atoms with Crippen LogP contribution in [0, 0.1) is 11.3 Å². The van der Waals surface area contributed by atoms with Crippen molar-refractivity contribution in [2.24, 2.45) is 11.3 Å². The molecule has 0 amide bonds. The summed E-state index contributed by atoms with van der Waals surface area (Å²) in [6.07, 6.45) is 7.21. The first kappa shape index (κ1) is 18.2. The maximum Gasteiger partial charge on any atom is 0.0673 e. The molecule has 0 bridgehead atoms. The number of hydrogen-bond acceptors (Lipinski definition) is 2. The number of hydrogen-bond donors (Lipinski definition) is 0. The highest BCUT2D eigenvalue weighted by atomic mass is 16.5. The van der Waals surface area contributed by atoms with Crippen molar-refractivity contribution >= 4 is 0 Å². The van der Waals surface area contributed by atoms with Gasteiger partial charge in [-0.1, -0.05) is 42.0 Å². The molecule has 0 aliphatic heterocycles. The quantitative estimate of drug-likeness (QED) is 0.533. The van der Waals surface area contributed by atoms with Gasteiger partial charge in [0.1, 0.15) is 0 Å². The molecule has 1 aliphatic carbocycles. The first-order valence-corrected chi connectivity index (χ1v) is 9.05. The van der Waals surface area contributed by atoms with E-state index in [0.29, 0.717) is 5.41 Å². The van der Waals surface area contributed by atoms with Gasteiger partial charge in [0.05, 0.1) is 13.2 Å². The van der Waals surface area contributed by atoms with E-state index < -0.39 is 0 Å². The molecule has 0 spiro atoms.